The first-order chi connectivity index (χ1) is 16.1. The molecule has 0 aliphatic carbocycles. The minimum Gasteiger partial charge on any atom is -0.383 e. The molecule has 0 aliphatic rings. The highest BCUT2D eigenvalue weighted by Gasteiger charge is 2.20. The average molecular weight is 448 g/mol. The summed E-state index contributed by atoms with van der Waals surface area (Å²) in [5.41, 5.74) is 0.905. The summed E-state index contributed by atoms with van der Waals surface area (Å²) in [7, 11) is 1.56. The minimum atomic E-state index is -0.596. The van der Waals surface area contributed by atoms with Gasteiger partial charge in [-0.25, -0.2) is 14.3 Å². The van der Waals surface area contributed by atoms with Gasteiger partial charge in [0.15, 0.2) is 11.2 Å². The monoisotopic (exact) mass is 448 g/mol. The maximum Gasteiger partial charge on any atom is 0.333 e. The molecule has 1 amide bonds. The predicted octanol–water partition coefficient (Wildman–Crippen LogP) is 0.766. The molecule has 1 N–H and O–H groups in total. The Labute approximate surface area is 189 Å². The largest absolute Gasteiger partial charge is 0.383 e. The van der Waals surface area contributed by atoms with E-state index < -0.39 is 23.7 Å². The molecule has 0 fully saturated rings. The Morgan fingerprint density at radius 1 is 1.03 bits per heavy atom. The van der Waals surface area contributed by atoms with E-state index in [0.29, 0.717) is 18.8 Å². The number of pyridine rings is 1. The lowest BCUT2D eigenvalue weighted by atomic mass is 10.2. The topological polar surface area (TPSA) is 113 Å². The van der Waals surface area contributed by atoms with Gasteiger partial charge in [0.05, 0.1) is 31.7 Å². The Morgan fingerprint density at radius 3 is 2.55 bits per heavy atom. The van der Waals surface area contributed by atoms with Crippen molar-refractivity contribution in [2.45, 2.75) is 26.2 Å². The fourth-order valence-electron chi connectivity index (χ4n) is 3.54. The molecule has 0 atom stereocenters. The summed E-state index contributed by atoms with van der Waals surface area (Å²) in [5, 5.41) is 2.71. The Balaban J connectivity index is 1.72. The van der Waals surface area contributed by atoms with Gasteiger partial charge in [-0.05, 0) is 17.7 Å². The second-order valence-corrected chi connectivity index (χ2v) is 7.45. The second kappa shape index (κ2) is 10.0. The summed E-state index contributed by atoms with van der Waals surface area (Å²) in [4.78, 5) is 47.7. The number of nitrogens with zero attached hydrogens (tertiary/aromatic N) is 5. The molecule has 4 aromatic rings. The Hall–Kier alpha value is -4.05. The zero-order valence-corrected chi connectivity index (χ0v) is 18.2. The van der Waals surface area contributed by atoms with E-state index in [4.69, 9.17) is 4.74 Å². The fraction of sp³-hybridized carbons (Fsp3) is 0.261. The first-order valence-corrected chi connectivity index (χ1v) is 10.5. The summed E-state index contributed by atoms with van der Waals surface area (Å²) in [6.07, 6.45) is 3.14. The third-order valence-electron chi connectivity index (χ3n) is 5.20. The van der Waals surface area contributed by atoms with Crippen LogP contribution in [0.4, 0.5) is 0 Å². The van der Waals surface area contributed by atoms with Gasteiger partial charge in [-0.3, -0.25) is 19.1 Å². The van der Waals surface area contributed by atoms with Crippen molar-refractivity contribution in [2.75, 3.05) is 13.7 Å². The van der Waals surface area contributed by atoms with Crippen LogP contribution in [0.5, 0.6) is 0 Å². The summed E-state index contributed by atoms with van der Waals surface area (Å²) in [6.45, 7) is 0.754. The number of imidazole rings is 1. The molecule has 170 valence electrons. The zero-order valence-electron chi connectivity index (χ0n) is 18.2. The standard InChI is InChI=1S/C23H24N6O4/c1-33-12-11-27-16-26-21-20(27)22(31)29(15-19(30)25-13-18-9-5-6-10-24-18)23(32)28(21)14-17-7-3-2-4-8-17/h2-10,16H,11-15H2,1H3,(H,25,30). The SMILES string of the molecule is COCCn1cnc2c1c(=O)n(CC(=O)NCc1ccccn1)c(=O)n2Cc1ccccc1. The number of hydrogen-bond donors (Lipinski definition) is 1. The molecule has 3 aromatic heterocycles. The lowest BCUT2D eigenvalue weighted by molar-refractivity contribution is -0.122. The van der Waals surface area contributed by atoms with Crippen molar-refractivity contribution >= 4 is 17.1 Å². The molecule has 1 aromatic carbocycles. The van der Waals surface area contributed by atoms with Crippen molar-refractivity contribution in [2.24, 2.45) is 0 Å². The number of carbonyl (C=O) groups excluding carboxylic acids is 1. The quantitative estimate of drug-likeness (QED) is 0.405. The van der Waals surface area contributed by atoms with Crippen LogP contribution in [0, 0.1) is 0 Å². The highest BCUT2D eigenvalue weighted by Crippen LogP contribution is 2.10. The van der Waals surface area contributed by atoms with Gasteiger partial charge in [0.25, 0.3) is 5.56 Å². The van der Waals surface area contributed by atoms with Gasteiger partial charge < -0.3 is 14.6 Å². The number of carbonyl (C=O) groups is 1. The molecule has 0 saturated heterocycles. The van der Waals surface area contributed by atoms with Crippen molar-refractivity contribution in [1.29, 1.82) is 0 Å². The van der Waals surface area contributed by atoms with Gasteiger partial charge >= 0.3 is 5.69 Å². The van der Waals surface area contributed by atoms with Crippen molar-refractivity contribution in [1.82, 2.24) is 29.0 Å². The lowest BCUT2D eigenvalue weighted by Crippen LogP contribution is -2.44. The molecule has 33 heavy (non-hydrogen) atoms. The normalized spacial score (nSPS) is 11.1. The molecule has 0 unspecified atom stereocenters. The van der Waals surface area contributed by atoms with Crippen molar-refractivity contribution in [3.8, 4) is 0 Å². The second-order valence-electron chi connectivity index (χ2n) is 7.45. The van der Waals surface area contributed by atoms with E-state index >= 15 is 0 Å². The Kier molecular flexibility index (Phi) is 6.75. The number of hydrogen-bond acceptors (Lipinski definition) is 6. The van der Waals surface area contributed by atoms with E-state index in [1.165, 1.54) is 10.9 Å². The highest BCUT2D eigenvalue weighted by atomic mass is 16.5. The van der Waals surface area contributed by atoms with Crippen LogP contribution >= 0.6 is 0 Å². The van der Waals surface area contributed by atoms with E-state index in [-0.39, 0.29) is 24.3 Å². The number of nitrogens with one attached hydrogen (secondary N) is 1. The molecule has 4 rings (SSSR count). The van der Waals surface area contributed by atoms with Gasteiger partial charge in [-0.1, -0.05) is 36.4 Å². The summed E-state index contributed by atoms with van der Waals surface area (Å²) in [5.74, 6) is -0.464. The van der Waals surface area contributed by atoms with Crippen LogP contribution in [0.3, 0.4) is 0 Å². The zero-order chi connectivity index (χ0) is 23.2. The average Bonchev–Trinajstić information content (AvgIpc) is 3.27. The first kappa shape index (κ1) is 22.2. The van der Waals surface area contributed by atoms with E-state index in [1.807, 2.05) is 36.4 Å². The number of ether oxygens (including phenoxy) is 1. The summed E-state index contributed by atoms with van der Waals surface area (Å²) < 4.78 is 9.14. The molecule has 0 saturated carbocycles. The smallest absolute Gasteiger partial charge is 0.333 e. The van der Waals surface area contributed by atoms with Gasteiger partial charge in [0.2, 0.25) is 5.91 Å². The third-order valence-corrected chi connectivity index (χ3v) is 5.20. The predicted molar refractivity (Wildman–Crippen MR) is 122 cm³/mol. The molecule has 10 nitrogen and oxygen atoms in total. The van der Waals surface area contributed by atoms with E-state index in [1.54, 1.807) is 30.0 Å². The highest BCUT2D eigenvalue weighted by molar-refractivity contribution is 5.76. The summed E-state index contributed by atoms with van der Waals surface area (Å²) >= 11 is 0. The van der Waals surface area contributed by atoms with Gasteiger partial charge in [0.1, 0.15) is 6.54 Å². The van der Waals surface area contributed by atoms with Gasteiger partial charge in [-0.2, -0.15) is 0 Å². The van der Waals surface area contributed by atoms with Crippen LogP contribution in [0.2, 0.25) is 0 Å². The Bertz CT molecular complexity index is 1360. The van der Waals surface area contributed by atoms with Crippen molar-refractivity contribution in [3.63, 3.8) is 0 Å². The fourth-order valence-corrected chi connectivity index (χ4v) is 3.54. The lowest BCUT2D eigenvalue weighted by Gasteiger charge is -2.13. The van der Waals surface area contributed by atoms with Crippen LogP contribution in [-0.2, 0) is 35.7 Å². The molecule has 0 aliphatic heterocycles. The number of amides is 1. The molecule has 10 heteroatoms. The van der Waals surface area contributed by atoms with Crippen molar-refractivity contribution < 1.29 is 9.53 Å². The third kappa shape index (κ3) is 4.90. The van der Waals surface area contributed by atoms with E-state index in [2.05, 4.69) is 15.3 Å². The maximum atomic E-state index is 13.3. The molecule has 0 radical (unpaired) electrons. The molecule has 3 heterocycles. The number of rotatable bonds is 9. The molecule has 0 bridgehead atoms. The maximum absolute atomic E-state index is 13.3. The van der Waals surface area contributed by atoms with Crippen LogP contribution in [0.1, 0.15) is 11.3 Å². The van der Waals surface area contributed by atoms with Gasteiger partial charge in [-0.15, -0.1) is 0 Å². The van der Waals surface area contributed by atoms with E-state index in [9.17, 15) is 14.4 Å². The number of methoxy groups -OCH3 is 1. The van der Waals surface area contributed by atoms with Crippen LogP contribution in [0.25, 0.3) is 11.2 Å². The van der Waals surface area contributed by atoms with E-state index in [0.717, 1.165) is 10.1 Å². The molecular weight excluding hydrogens is 424 g/mol. The van der Waals surface area contributed by atoms with Crippen LogP contribution in [0.15, 0.2) is 70.6 Å². The van der Waals surface area contributed by atoms with Crippen LogP contribution < -0.4 is 16.6 Å². The van der Waals surface area contributed by atoms with Gasteiger partial charge in [0, 0.05) is 19.9 Å². The minimum absolute atomic E-state index is 0.195. The van der Waals surface area contributed by atoms with Crippen LogP contribution in [-0.4, -0.2) is 43.3 Å². The number of fused-ring (bicyclic) bond motifs is 1. The summed E-state index contributed by atoms with van der Waals surface area (Å²) in [6, 6.07) is 14.8. The first-order valence-electron chi connectivity index (χ1n) is 10.5. The number of benzene rings is 1. The van der Waals surface area contributed by atoms with Crippen molar-refractivity contribution in [3.05, 3.63) is 93.2 Å². The molecular formula is C23H24N6O4. The number of aromatic nitrogens is 5. The Morgan fingerprint density at radius 2 is 1.82 bits per heavy atom. The molecule has 0 spiro atoms.